The number of fused-ring (bicyclic) bond motifs is 1. The van der Waals surface area contributed by atoms with Gasteiger partial charge in [0.25, 0.3) is 0 Å². The molecule has 0 unspecified atom stereocenters. The number of anilines is 1. The number of benzene rings is 1. The maximum Gasteiger partial charge on any atom is 0.130 e. The minimum atomic E-state index is 0.0107. The first kappa shape index (κ1) is 16.6. The zero-order valence-corrected chi connectivity index (χ0v) is 15.6. The van der Waals surface area contributed by atoms with Crippen molar-refractivity contribution in [2.75, 3.05) is 11.9 Å². The van der Waals surface area contributed by atoms with Crippen LogP contribution in [-0.2, 0) is 5.41 Å². The Labute approximate surface area is 140 Å². The average molecular weight is 370 g/mol. The summed E-state index contributed by atoms with van der Waals surface area (Å²) < 4.78 is 0.986. The first-order valence-electron chi connectivity index (χ1n) is 7.29. The molecule has 0 saturated carbocycles. The SMILES string of the molecule is CCCNc1nc2c(Br)cc(C)c(Cl)c2cc1C(C)(C)C. The third-order valence-electron chi connectivity index (χ3n) is 3.53. The Hall–Kier alpha value is -0.800. The molecule has 0 aliphatic heterocycles. The predicted molar refractivity (Wildman–Crippen MR) is 96.7 cm³/mol. The number of pyridine rings is 1. The van der Waals surface area contributed by atoms with E-state index >= 15 is 0 Å². The molecular weight excluding hydrogens is 348 g/mol. The van der Waals surface area contributed by atoms with E-state index in [1.54, 1.807) is 0 Å². The van der Waals surface area contributed by atoms with E-state index in [0.29, 0.717) is 0 Å². The van der Waals surface area contributed by atoms with E-state index < -0.39 is 0 Å². The summed E-state index contributed by atoms with van der Waals surface area (Å²) in [6, 6.07) is 4.21. The van der Waals surface area contributed by atoms with Gasteiger partial charge in [0.1, 0.15) is 5.82 Å². The molecule has 0 atom stereocenters. The zero-order valence-electron chi connectivity index (χ0n) is 13.3. The van der Waals surface area contributed by atoms with E-state index in [4.69, 9.17) is 16.6 Å². The Morgan fingerprint density at radius 3 is 2.52 bits per heavy atom. The van der Waals surface area contributed by atoms with E-state index in [-0.39, 0.29) is 5.41 Å². The third-order valence-corrected chi connectivity index (χ3v) is 4.63. The van der Waals surface area contributed by atoms with Crippen molar-refractivity contribution in [1.82, 2.24) is 4.98 Å². The van der Waals surface area contributed by atoms with Crippen LogP contribution in [0.15, 0.2) is 16.6 Å². The molecule has 0 bridgehead atoms. The Kier molecular flexibility index (Phi) is 4.84. The Balaban J connectivity index is 2.77. The summed E-state index contributed by atoms with van der Waals surface area (Å²) in [4.78, 5) is 4.84. The molecule has 2 aromatic rings. The first-order chi connectivity index (χ1) is 9.75. The molecule has 0 aliphatic rings. The van der Waals surface area contributed by atoms with E-state index in [0.717, 1.165) is 44.7 Å². The lowest BCUT2D eigenvalue weighted by atomic mass is 9.86. The number of aryl methyl sites for hydroxylation is 1. The van der Waals surface area contributed by atoms with E-state index in [1.165, 1.54) is 5.56 Å². The molecular formula is C17H22BrClN2. The van der Waals surface area contributed by atoms with Crippen molar-refractivity contribution in [2.24, 2.45) is 0 Å². The highest BCUT2D eigenvalue weighted by atomic mass is 79.9. The molecule has 0 fully saturated rings. The Bertz CT molecular complexity index is 675. The molecule has 1 aromatic heterocycles. The molecule has 0 radical (unpaired) electrons. The van der Waals surface area contributed by atoms with Crippen molar-refractivity contribution in [3.63, 3.8) is 0 Å². The van der Waals surface area contributed by atoms with Gasteiger partial charge in [-0.05, 0) is 52.4 Å². The van der Waals surface area contributed by atoms with Gasteiger partial charge in [0.2, 0.25) is 0 Å². The van der Waals surface area contributed by atoms with Gasteiger partial charge in [-0.3, -0.25) is 0 Å². The van der Waals surface area contributed by atoms with Crippen molar-refractivity contribution < 1.29 is 0 Å². The lowest BCUT2D eigenvalue weighted by molar-refractivity contribution is 0.590. The Morgan fingerprint density at radius 2 is 1.95 bits per heavy atom. The molecule has 1 aromatic carbocycles. The van der Waals surface area contributed by atoms with Gasteiger partial charge in [-0.15, -0.1) is 0 Å². The van der Waals surface area contributed by atoms with Crippen molar-refractivity contribution >= 4 is 44.3 Å². The van der Waals surface area contributed by atoms with Crippen molar-refractivity contribution in [1.29, 1.82) is 0 Å². The third kappa shape index (κ3) is 3.35. The molecule has 114 valence electrons. The predicted octanol–water partition coefficient (Wildman–Crippen LogP) is 6.08. The van der Waals surface area contributed by atoms with Gasteiger partial charge in [0.15, 0.2) is 0 Å². The van der Waals surface area contributed by atoms with Crippen LogP contribution in [0.1, 0.15) is 45.2 Å². The van der Waals surface area contributed by atoms with E-state index in [2.05, 4.69) is 55.0 Å². The van der Waals surface area contributed by atoms with Gasteiger partial charge in [0.05, 0.1) is 10.5 Å². The fraction of sp³-hybridized carbons (Fsp3) is 0.471. The van der Waals surface area contributed by atoms with Gasteiger partial charge in [0, 0.05) is 22.0 Å². The number of rotatable bonds is 3. The number of halogens is 2. The highest BCUT2D eigenvalue weighted by Gasteiger charge is 2.21. The summed E-state index contributed by atoms with van der Waals surface area (Å²) in [5.74, 6) is 0.956. The van der Waals surface area contributed by atoms with Crippen LogP contribution in [0, 0.1) is 6.92 Å². The zero-order chi connectivity index (χ0) is 15.8. The van der Waals surface area contributed by atoms with Crippen molar-refractivity contribution in [3.05, 3.63) is 32.8 Å². The summed E-state index contributed by atoms with van der Waals surface area (Å²) in [6.45, 7) is 11.7. The lowest BCUT2D eigenvalue weighted by Crippen LogP contribution is -2.17. The minimum Gasteiger partial charge on any atom is -0.370 e. The van der Waals surface area contributed by atoms with Crippen LogP contribution in [0.3, 0.4) is 0 Å². The van der Waals surface area contributed by atoms with Crippen LogP contribution in [0.25, 0.3) is 10.9 Å². The summed E-state index contributed by atoms with van der Waals surface area (Å²) in [5, 5.41) is 5.24. The number of nitrogens with zero attached hydrogens (tertiary/aromatic N) is 1. The largest absolute Gasteiger partial charge is 0.370 e. The highest BCUT2D eigenvalue weighted by Crippen LogP contribution is 2.37. The molecule has 1 heterocycles. The van der Waals surface area contributed by atoms with Crippen molar-refractivity contribution in [3.8, 4) is 0 Å². The molecule has 2 nitrogen and oxygen atoms in total. The number of hydrogen-bond acceptors (Lipinski definition) is 2. The second-order valence-electron chi connectivity index (χ2n) is 6.45. The summed E-state index contributed by atoms with van der Waals surface area (Å²) in [5.41, 5.74) is 3.18. The molecule has 21 heavy (non-hydrogen) atoms. The molecule has 0 aliphatic carbocycles. The number of nitrogens with one attached hydrogen (secondary N) is 1. The van der Waals surface area contributed by atoms with E-state index in [9.17, 15) is 0 Å². The topological polar surface area (TPSA) is 24.9 Å². The standard InChI is InChI=1S/C17H22BrClN2/c1-6-7-20-16-12(17(3,4)5)9-11-14(19)10(2)8-13(18)15(11)21-16/h8-9H,6-7H2,1-5H3,(H,20,21). The lowest BCUT2D eigenvalue weighted by Gasteiger charge is -2.24. The van der Waals surface area contributed by atoms with Crippen LogP contribution < -0.4 is 5.32 Å². The molecule has 0 spiro atoms. The van der Waals surface area contributed by atoms with Gasteiger partial charge in [-0.2, -0.15) is 0 Å². The number of hydrogen-bond donors (Lipinski definition) is 1. The Morgan fingerprint density at radius 1 is 1.29 bits per heavy atom. The van der Waals surface area contributed by atoms with E-state index in [1.807, 2.05) is 13.0 Å². The van der Waals surface area contributed by atoms with Crippen LogP contribution in [0.2, 0.25) is 5.02 Å². The summed E-state index contributed by atoms with van der Waals surface area (Å²) >= 11 is 10.1. The first-order valence-corrected chi connectivity index (χ1v) is 8.46. The van der Waals surface area contributed by atoms with Crippen LogP contribution in [0.5, 0.6) is 0 Å². The van der Waals surface area contributed by atoms with Gasteiger partial charge in [-0.25, -0.2) is 4.98 Å². The van der Waals surface area contributed by atoms with Gasteiger partial charge in [-0.1, -0.05) is 39.3 Å². The molecule has 0 amide bonds. The molecule has 4 heteroatoms. The van der Waals surface area contributed by atoms with Gasteiger partial charge >= 0.3 is 0 Å². The molecule has 0 saturated heterocycles. The van der Waals surface area contributed by atoms with Gasteiger partial charge < -0.3 is 5.32 Å². The quantitative estimate of drug-likeness (QED) is 0.709. The fourth-order valence-electron chi connectivity index (χ4n) is 2.35. The van der Waals surface area contributed by atoms with Crippen LogP contribution >= 0.6 is 27.5 Å². The number of aromatic nitrogens is 1. The molecule has 1 N–H and O–H groups in total. The minimum absolute atomic E-state index is 0.0107. The smallest absolute Gasteiger partial charge is 0.130 e. The van der Waals surface area contributed by atoms with Crippen LogP contribution in [0.4, 0.5) is 5.82 Å². The second kappa shape index (κ2) is 6.13. The van der Waals surface area contributed by atoms with Crippen molar-refractivity contribution in [2.45, 2.75) is 46.5 Å². The summed E-state index contributed by atoms with van der Waals surface area (Å²) in [7, 11) is 0. The van der Waals surface area contributed by atoms with Crippen LogP contribution in [-0.4, -0.2) is 11.5 Å². The highest BCUT2D eigenvalue weighted by molar-refractivity contribution is 9.10. The normalized spacial score (nSPS) is 12.0. The molecule has 2 rings (SSSR count). The monoisotopic (exact) mass is 368 g/mol. The second-order valence-corrected chi connectivity index (χ2v) is 7.68. The summed E-state index contributed by atoms with van der Waals surface area (Å²) in [6.07, 6.45) is 1.07. The maximum atomic E-state index is 6.50. The fourth-order valence-corrected chi connectivity index (χ4v) is 3.19. The average Bonchev–Trinajstić information content (AvgIpc) is 2.40. The maximum absolute atomic E-state index is 6.50.